The number of carbonyl (C=O) groups excluding carboxylic acids is 1. The quantitative estimate of drug-likeness (QED) is 0.0433. The number of carbonyl (C=O) groups is 1. The van der Waals surface area contributed by atoms with Crippen molar-refractivity contribution in [3.05, 3.63) is 36.5 Å². The van der Waals surface area contributed by atoms with Crippen molar-refractivity contribution in [2.45, 2.75) is 257 Å². The SMILES string of the molecule is CCCCCCCC/C=C/CC/C=C/C(O)C(CO)NC(=O)CCCCCCCCCCCCCC/C=C\CCCCCCCCCCCCCC. The smallest absolute Gasteiger partial charge is 0.220 e. The van der Waals surface area contributed by atoms with Gasteiger partial charge in [-0.2, -0.15) is 0 Å². The van der Waals surface area contributed by atoms with E-state index in [0.29, 0.717) is 6.42 Å². The van der Waals surface area contributed by atoms with Crippen molar-refractivity contribution >= 4 is 5.91 Å². The summed E-state index contributed by atoms with van der Waals surface area (Å²) in [7, 11) is 0. The first kappa shape index (κ1) is 50.6. The third-order valence-electron chi connectivity index (χ3n) is 10.6. The van der Waals surface area contributed by atoms with E-state index in [1.54, 1.807) is 6.08 Å². The largest absolute Gasteiger partial charge is 0.394 e. The lowest BCUT2D eigenvalue weighted by Gasteiger charge is -2.19. The summed E-state index contributed by atoms with van der Waals surface area (Å²) >= 11 is 0. The lowest BCUT2D eigenvalue weighted by Crippen LogP contribution is -2.45. The highest BCUT2D eigenvalue weighted by Gasteiger charge is 2.17. The zero-order valence-corrected chi connectivity index (χ0v) is 35.1. The van der Waals surface area contributed by atoms with Crippen LogP contribution in [0.1, 0.15) is 245 Å². The van der Waals surface area contributed by atoms with Crippen LogP contribution in [0.5, 0.6) is 0 Å². The van der Waals surface area contributed by atoms with Gasteiger partial charge in [0.25, 0.3) is 0 Å². The zero-order chi connectivity index (χ0) is 37.8. The average molecular weight is 730 g/mol. The Morgan fingerprint density at radius 1 is 0.442 bits per heavy atom. The normalized spacial score (nSPS) is 13.2. The predicted molar refractivity (Wildman–Crippen MR) is 230 cm³/mol. The van der Waals surface area contributed by atoms with Gasteiger partial charge in [-0.3, -0.25) is 4.79 Å². The van der Waals surface area contributed by atoms with Gasteiger partial charge in [-0.25, -0.2) is 0 Å². The van der Waals surface area contributed by atoms with E-state index in [1.807, 2.05) is 6.08 Å². The number of aliphatic hydroxyl groups is 2. The van der Waals surface area contributed by atoms with Gasteiger partial charge in [0.1, 0.15) is 0 Å². The molecule has 4 nitrogen and oxygen atoms in total. The third kappa shape index (κ3) is 39.8. The van der Waals surface area contributed by atoms with Gasteiger partial charge in [0.2, 0.25) is 5.91 Å². The van der Waals surface area contributed by atoms with Gasteiger partial charge < -0.3 is 15.5 Å². The maximum absolute atomic E-state index is 12.4. The molecule has 0 saturated carbocycles. The number of aliphatic hydroxyl groups excluding tert-OH is 2. The molecule has 0 aromatic heterocycles. The molecule has 0 fully saturated rings. The van der Waals surface area contributed by atoms with Crippen molar-refractivity contribution in [3.63, 3.8) is 0 Å². The fourth-order valence-electron chi connectivity index (χ4n) is 7.01. The highest BCUT2D eigenvalue weighted by molar-refractivity contribution is 5.76. The predicted octanol–water partition coefficient (Wildman–Crippen LogP) is 14.6. The van der Waals surface area contributed by atoms with Gasteiger partial charge >= 0.3 is 0 Å². The molecule has 306 valence electrons. The zero-order valence-electron chi connectivity index (χ0n) is 35.1. The van der Waals surface area contributed by atoms with Crippen molar-refractivity contribution in [1.82, 2.24) is 5.32 Å². The number of hydrogen-bond acceptors (Lipinski definition) is 3. The fraction of sp³-hybridized carbons (Fsp3) is 0.854. The minimum absolute atomic E-state index is 0.0741. The van der Waals surface area contributed by atoms with Crippen molar-refractivity contribution in [3.8, 4) is 0 Å². The van der Waals surface area contributed by atoms with Gasteiger partial charge in [0, 0.05) is 6.42 Å². The van der Waals surface area contributed by atoms with Gasteiger partial charge in [-0.15, -0.1) is 0 Å². The number of unbranched alkanes of at least 4 members (excludes halogenated alkanes) is 31. The molecule has 0 saturated heterocycles. The second-order valence-corrected chi connectivity index (χ2v) is 15.8. The number of allylic oxidation sites excluding steroid dienone is 5. The monoisotopic (exact) mass is 730 g/mol. The van der Waals surface area contributed by atoms with Gasteiger partial charge in [-0.05, 0) is 57.8 Å². The van der Waals surface area contributed by atoms with E-state index in [2.05, 4.69) is 43.5 Å². The van der Waals surface area contributed by atoms with E-state index >= 15 is 0 Å². The Morgan fingerprint density at radius 2 is 0.750 bits per heavy atom. The number of nitrogens with one attached hydrogen (secondary N) is 1. The van der Waals surface area contributed by atoms with E-state index in [4.69, 9.17) is 0 Å². The molecule has 52 heavy (non-hydrogen) atoms. The summed E-state index contributed by atoms with van der Waals surface area (Å²) in [5.41, 5.74) is 0. The van der Waals surface area contributed by atoms with E-state index in [-0.39, 0.29) is 12.5 Å². The van der Waals surface area contributed by atoms with Crippen LogP contribution in [0.3, 0.4) is 0 Å². The van der Waals surface area contributed by atoms with E-state index in [1.165, 1.54) is 193 Å². The molecule has 2 atom stereocenters. The maximum atomic E-state index is 12.4. The molecule has 0 aliphatic heterocycles. The highest BCUT2D eigenvalue weighted by atomic mass is 16.3. The lowest BCUT2D eigenvalue weighted by molar-refractivity contribution is -0.123. The van der Waals surface area contributed by atoms with E-state index in [0.717, 1.165) is 32.1 Å². The first-order valence-corrected chi connectivity index (χ1v) is 23.2. The molecule has 0 aromatic carbocycles. The Hall–Kier alpha value is -1.39. The van der Waals surface area contributed by atoms with Crippen LogP contribution in [0.2, 0.25) is 0 Å². The van der Waals surface area contributed by atoms with Crippen LogP contribution < -0.4 is 5.32 Å². The molecule has 0 aromatic rings. The first-order valence-electron chi connectivity index (χ1n) is 23.2. The summed E-state index contributed by atoms with van der Waals surface area (Å²) in [6, 6.07) is -0.636. The molecule has 4 heteroatoms. The van der Waals surface area contributed by atoms with Gasteiger partial charge in [0.05, 0.1) is 18.8 Å². The lowest BCUT2D eigenvalue weighted by atomic mass is 10.0. The Bertz CT molecular complexity index is 790. The molecular formula is C48H91NO3. The minimum atomic E-state index is -0.859. The Labute approximate surface area is 325 Å². The molecule has 2 unspecified atom stereocenters. The molecular weight excluding hydrogens is 639 g/mol. The summed E-state index contributed by atoms with van der Waals surface area (Å²) in [6.45, 7) is 4.29. The topological polar surface area (TPSA) is 69.6 Å². The molecule has 0 aliphatic carbocycles. The van der Waals surface area contributed by atoms with Crippen LogP contribution in [0, 0.1) is 0 Å². The maximum Gasteiger partial charge on any atom is 0.220 e. The second kappa shape index (κ2) is 44.0. The minimum Gasteiger partial charge on any atom is -0.394 e. The molecule has 1 amide bonds. The molecule has 0 spiro atoms. The van der Waals surface area contributed by atoms with Crippen molar-refractivity contribution in [2.75, 3.05) is 6.61 Å². The van der Waals surface area contributed by atoms with Gasteiger partial charge in [-0.1, -0.05) is 217 Å². The molecule has 3 N–H and O–H groups in total. The number of hydrogen-bond donors (Lipinski definition) is 3. The summed E-state index contributed by atoms with van der Waals surface area (Å²) in [4.78, 5) is 12.4. The third-order valence-corrected chi connectivity index (χ3v) is 10.6. The van der Waals surface area contributed by atoms with E-state index < -0.39 is 12.1 Å². The van der Waals surface area contributed by atoms with Gasteiger partial charge in [0.15, 0.2) is 0 Å². The Balaban J connectivity index is 3.49. The highest BCUT2D eigenvalue weighted by Crippen LogP contribution is 2.15. The van der Waals surface area contributed by atoms with Crippen LogP contribution in [0.4, 0.5) is 0 Å². The average Bonchev–Trinajstić information content (AvgIpc) is 3.15. The van der Waals surface area contributed by atoms with Crippen LogP contribution >= 0.6 is 0 Å². The van der Waals surface area contributed by atoms with Crippen molar-refractivity contribution in [1.29, 1.82) is 0 Å². The summed E-state index contributed by atoms with van der Waals surface area (Å²) in [5.74, 6) is -0.0741. The molecule has 0 heterocycles. The molecule has 0 aliphatic rings. The molecule has 0 rings (SSSR count). The Kier molecular flexibility index (Phi) is 42.8. The van der Waals surface area contributed by atoms with Crippen molar-refractivity contribution < 1.29 is 15.0 Å². The van der Waals surface area contributed by atoms with Crippen LogP contribution in [-0.4, -0.2) is 34.9 Å². The number of amides is 1. The standard InChI is InChI=1S/C48H91NO3/c1-3-5-7-9-11-13-15-17-18-19-20-21-22-23-24-25-26-27-28-29-30-31-32-34-36-38-40-42-44-48(52)49-46(45-50)47(51)43-41-39-37-35-33-16-14-12-10-8-6-4-2/h23-24,33,35,41,43,46-47,50-51H,3-22,25-32,34,36-40,42,44-45H2,1-2H3,(H,49,52)/b24-23-,35-33+,43-41+. The van der Waals surface area contributed by atoms with Crippen LogP contribution in [0.15, 0.2) is 36.5 Å². The van der Waals surface area contributed by atoms with E-state index in [9.17, 15) is 15.0 Å². The summed E-state index contributed by atoms with van der Waals surface area (Å²) in [5, 5.41) is 22.9. The molecule has 0 bridgehead atoms. The van der Waals surface area contributed by atoms with Crippen molar-refractivity contribution in [2.24, 2.45) is 0 Å². The first-order chi connectivity index (χ1) is 25.7. The number of rotatable bonds is 42. The van der Waals surface area contributed by atoms with Crippen LogP contribution in [0.25, 0.3) is 0 Å². The fourth-order valence-corrected chi connectivity index (χ4v) is 7.01. The van der Waals surface area contributed by atoms with Crippen LogP contribution in [-0.2, 0) is 4.79 Å². The summed E-state index contributed by atoms with van der Waals surface area (Å²) < 4.78 is 0. The molecule has 0 radical (unpaired) electrons. The second-order valence-electron chi connectivity index (χ2n) is 15.8. The Morgan fingerprint density at radius 3 is 1.12 bits per heavy atom. The summed E-state index contributed by atoms with van der Waals surface area (Å²) in [6.07, 6.45) is 58.5.